The number of hydrogen-bond donors (Lipinski definition) is 1. The Bertz CT molecular complexity index is 769. The van der Waals surface area contributed by atoms with E-state index in [9.17, 15) is 18.8 Å². The van der Waals surface area contributed by atoms with Gasteiger partial charge in [-0.2, -0.15) is 0 Å². The number of esters is 1. The molecule has 0 fully saturated rings. The Hall–Kier alpha value is -3.02. The number of aryl methyl sites for hydroxylation is 1. The summed E-state index contributed by atoms with van der Waals surface area (Å²) < 4.78 is 17.8. The number of hydrogen-bond acceptors (Lipinski definition) is 4. The second kappa shape index (κ2) is 9.46. The zero-order valence-corrected chi connectivity index (χ0v) is 14.5. The van der Waals surface area contributed by atoms with Crippen LogP contribution in [0.1, 0.15) is 35.7 Å². The lowest BCUT2D eigenvalue weighted by Crippen LogP contribution is -2.15. The van der Waals surface area contributed by atoms with E-state index in [1.807, 2.05) is 0 Å². The summed E-state index contributed by atoms with van der Waals surface area (Å²) in [6.07, 6.45) is 0.897. The van der Waals surface area contributed by atoms with E-state index in [0.717, 1.165) is 5.56 Å². The van der Waals surface area contributed by atoms with E-state index in [2.05, 4.69) is 5.32 Å². The highest BCUT2D eigenvalue weighted by molar-refractivity contribution is 5.98. The van der Waals surface area contributed by atoms with Gasteiger partial charge in [0.15, 0.2) is 12.4 Å². The summed E-state index contributed by atoms with van der Waals surface area (Å²) in [5.41, 5.74) is 1.81. The van der Waals surface area contributed by atoms with E-state index in [4.69, 9.17) is 4.74 Å². The minimum absolute atomic E-state index is 0.112. The van der Waals surface area contributed by atoms with Crippen LogP contribution in [-0.4, -0.2) is 24.3 Å². The minimum Gasteiger partial charge on any atom is -0.457 e. The SMILES string of the molecule is CCC(=O)Nc1ccc(C(=O)COC(=O)CCc2ccc(F)cc2)cc1. The number of halogens is 1. The Morgan fingerprint density at radius 2 is 1.65 bits per heavy atom. The van der Waals surface area contributed by atoms with Crippen molar-refractivity contribution in [3.05, 3.63) is 65.5 Å². The standard InChI is InChI=1S/C20H20FNO4/c1-2-19(24)22-17-10-6-15(7-11-17)18(23)13-26-20(25)12-5-14-3-8-16(21)9-4-14/h3-4,6-11H,2,5,12-13H2,1H3,(H,22,24). The number of carbonyl (C=O) groups is 3. The highest BCUT2D eigenvalue weighted by Crippen LogP contribution is 2.11. The molecule has 0 aromatic heterocycles. The summed E-state index contributed by atoms with van der Waals surface area (Å²) in [6.45, 7) is 1.40. The predicted molar refractivity (Wildman–Crippen MR) is 95.4 cm³/mol. The van der Waals surface area contributed by atoms with Crippen molar-refractivity contribution in [1.29, 1.82) is 0 Å². The monoisotopic (exact) mass is 357 g/mol. The van der Waals surface area contributed by atoms with Crippen molar-refractivity contribution >= 4 is 23.3 Å². The average molecular weight is 357 g/mol. The lowest BCUT2D eigenvalue weighted by atomic mass is 10.1. The molecule has 1 N–H and O–H groups in total. The Kier molecular flexibility index (Phi) is 7.02. The maximum Gasteiger partial charge on any atom is 0.306 e. The van der Waals surface area contributed by atoms with Crippen molar-refractivity contribution in [3.63, 3.8) is 0 Å². The predicted octanol–water partition coefficient (Wildman–Crippen LogP) is 3.53. The molecule has 6 heteroatoms. The van der Waals surface area contributed by atoms with E-state index in [0.29, 0.717) is 24.1 Å². The maximum atomic E-state index is 12.8. The minimum atomic E-state index is -0.491. The molecule has 0 radical (unpaired) electrons. The van der Waals surface area contributed by atoms with Crippen LogP contribution in [0.3, 0.4) is 0 Å². The molecule has 0 unspecified atom stereocenters. The van der Waals surface area contributed by atoms with E-state index in [1.54, 1.807) is 43.3 Å². The molecule has 0 aliphatic heterocycles. The van der Waals surface area contributed by atoms with Gasteiger partial charge in [-0.15, -0.1) is 0 Å². The smallest absolute Gasteiger partial charge is 0.306 e. The molecule has 2 aromatic carbocycles. The third kappa shape index (κ3) is 6.12. The van der Waals surface area contributed by atoms with Gasteiger partial charge < -0.3 is 10.1 Å². The normalized spacial score (nSPS) is 10.2. The summed E-state index contributed by atoms with van der Waals surface area (Å²) in [5, 5.41) is 2.68. The van der Waals surface area contributed by atoms with E-state index in [-0.39, 0.29) is 30.5 Å². The molecule has 0 spiro atoms. The fraction of sp³-hybridized carbons (Fsp3) is 0.250. The molecule has 0 saturated heterocycles. The van der Waals surface area contributed by atoms with Crippen molar-refractivity contribution in [1.82, 2.24) is 0 Å². The third-order valence-electron chi connectivity index (χ3n) is 3.71. The van der Waals surface area contributed by atoms with Gasteiger partial charge in [0.1, 0.15) is 5.82 Å². The fourth-order valence-electron chi connectivity index (χ4n) is 2.19. The molecule has 0 aliphatic rings. The number of ether oxygens (including phenoxy) is 1. The summed E-state index contributed by atoms with van der Waals surface area (Å²) in [6, 6.07) is 12.3. The molecular formula is C20H20FNO4. The molecular weight excluding hydrogens is 337 g/mol. The Morgan fingerprint density at radius 1 is 1.00 bits per heavy atom. The molecule has 136 valence electrons. The maximum absolute atomic E-state index is 12.8. The second-order valence-electron chi connectivity index (χ2n) is 5.69. The number of Topliss-reactive ketones (excluding diaryl/α,β-unsaturated/α-hetero) is 1. The fourth-order valence-corrected chi connectivity index (χ4v) is 2.19. The molecule has 1 amide bonds. The molecule has 0 atom stereocenters. The van der Waals surface area contributed by atoms with Gasteiger partial charge in [0.25, 0.3) is 0 Å². The topological polar surface area (TPSA) is 72.5 Å². The van der Waals surface area contributed by atoms with E-state index >= 15 is 0 Å². The summed E-state index contributed by atoms with van der Waals surface area (Å²) in [7, 11) is 0. The summed E-state index contributed by atoms with van der Waals surface area (Å²) in [5.74, 6) is -1.26. The zero-order chi connectivity index (χ0) is 18.9. The first-order chi connectivity index (χ1) is 12.5. The van der Waals surface area contributed by atoms with E-state index in [1.165, 1.54) is 12.1 Å². The van der Waals surface area contributed by atoms with Crippen LogP contribution in [0.15, 0.2) is 48.5 Å². The number of benzene rings is 2. The molecule has 0 saturated carbocycles. The third-order valence-corrected chi connectivity index (χ3v) is 3.71. The summed E-state index contributed by atoms with van der Waals surface area (Å²) >= 11 is 0. The Balaban J connectivity index is 1.77. The highest BCUT2D eigenvalue weighted by Gasteiger charge is 2.11. The molecule has 2 aromatic rings. The van der Waals surface area contributed by atoms with Gasteiger partial charge in [-0.25, -0.2) is 4.39 Å². The van der Waals surface area contributed by atoms with Gasteiger partial charge in [-0.05, 0) is 48.4 Å². The molecule has 0 aliphatic carbocycles. The molecule has 5 nitrogen and oxygen atoms in total. The van der Waals surface area contributed by atoms with Gasteiger partial charge in [0.05, 0.1) is 0 Å². The van der Waals surface area contributed by atoms with Crippen molar-refractivity contribution < 1.29 is 23.5 Å². The van der Waals surface area contributed by atoms with Crippen LogP contribution in [0.5, 0.6) is 0 Å². The lowest BCUT2D eigenvalue weighted by molar-refractivity contribution is -0.142. The van der Waals surface area contributed by atoms with Gasteiger partial charge in [0.2, 0.25) is 5.91 Å². The Labute approximate surface area is 151 Å². The molecule has 26 heavy (non-hydrogen) atoms. The lowest BCUT2D eigenvalue weighted by Gasteiger charge is -2.06. The van der Waals surface area contributed by atoms with Crippen molar-refractivity contribution in [2.75, 3.05) is 11.9 Å². The van der Waals surface area contributed by atoms with E-state index < -0.39 is 5.97 Å². The second-order valence-corrected chi connectivity index (χ2v) is 5.69. The first-order valence-corrected chi connectivity index (χ1v) is 8.31. The van der Waals surface area contributed by atoms with Crippen LogP contribution >= 0.6 is 0 Å². The molecule has 2 rings (SSSR count). The quantitative estimate of drug-likeness (QED) is 0.579. The van der Waals surface area contributed by atoms with Gasteiger partial charge in [-0.1, -0.05) is 19.1 Å². The van der Waals surface area contributed by atoms with Crippen LogP contribution in [0.25, 0.3) is 0 Å². The largest absolute Gasteiger partial charge is 0.457 e. The van der Waals surface area contributed by atoms with Crippen molar-refractivity contribution in [2.24, 2.45) is 0 Å². The molecule has 0 heterocycles. The van der Waals surface area contributed by atoms with Crippen LogP contribution < -0.4 is 5.32 Å². The average Bonchev–Trinajstić information content (AvgIpc) is 2.66. The number of amides is 1. The Morgan fingerprint density at radius 3 is 2.27 bits per heavy atom. The number of rotatable bonds is 8. The number of anilines is 1. The van der Waals surface area contributed by atoms with Gasteiger partial charge in [0, 0.05) is 24.1 Å². The van der Waals surface area contributed by atoms with Gasteiger partial charge >= 0.3 is 5.97 Å². The highest BCUT2D eigenvalue weighted by atomic mass is 19.1. The van der Waals surface area contributed by atoms with Crippen LogP contribution in [0.2, 0.25) is 0 Å². The first kappa shape index (κ1) is 19.3. The molecule has 0 bridgehead atoms. The number of ketones is 1. The van der Waals surface area contributed by atoms with Gasteiger partial charge in [-0.3, -0.25) is 14.4 Å². The summed E-state index contributed by atoms with van der Waals surface area (Å²) in [4.78, 5) is 35.1. The van der Waals surface area contributed by atoms with Crippen molar-refractivity contribution in [2.45, 2.75) is 26.2 Å². The van der Waals surface area contributed by atoms with Crippen LogP contribution in [-0.2, 0) is 20.7 Å². The van der Waals surface area contributed by atoms with Crippen LogP contribution in [0, 0.1) is 5.82 Å². The number of carbonyl (C=O) groups excluding carboxylic acids is 3. The van der Waals surface area contributed by atoms with Crippen LogP contribution in [0.4, 0.5) is 10.1 Å². The zero-order valence-electron chi connectivity index (χ0n) is 14.5. The number of nitrogens with one attached hydrogen (secondary N) is 1. The first-order valence-electron chi connectivity index (χ1n) is 8.31. The van der Waals surface area contributed by atoms with Crippen molar-refractivity contribution in [3.8, 4) is 0 Å².